The summed E-state index contributed by atoms with van der Waals surface area (Å²) in [5.74, 6) is 0.621. The van der Waals surface area contributed by atoms with Crippen LogP contribution in [-0.2, 0) is 0 Å². The van der Waals surface area contributed by atoms with Gasteiger partial charge in [-0.25, -0.2) is 19.9 Å². The van der Waals surface area contributed by atoms with Crippen molar-refractivity contribution in [1.82, 2.24) is 19.9 Å². The first kappa shape index (κ1) is 10.4. The zero-order valence-electron chi connectivity index (χ0n) is 8.16. The lowest BCUT2D eigenvalue weighted by molar-refractivity contribution is 0.937. The van der Waals surface area contributed by atoms with Gasteiger partial charge in [0, 0.05) is 6.07 Å². The number of rotatable bonds is 2. The molecule has 0 aliphatic carbocycles. The molecular weight excluding hydrogens is 226 g/mol. The summed E-state index contributed by atoms with van der Waals surface area (Å²) in [5.41, 5.74) is 17.0. The van der Waals surface area contributed by atoms with Crippen molar-refractivity contribution in [3.05, 3.63) is 18.5 Å². The number of hydrogen-bond acceptors (Lipinski definition) is 8. The van der Waals surface area contributed by atoms with Gasteiger partial charge in [-0.15, -0.1) is 0 Å². The molecule has 0 spiro atoms. The van der Waals surface area contributed by atoms with Crippen molar-refractivity contribution in [2.75, 3.05) is 17.2 Å². The first-order valence-electron chi connectivity index (χ1n) is 4.29. The molecule has 82 valence electrons. The summed E-state index contributed by atoms with van der Waals surface area (Å²) in [6.45, 7) is 0. The molecule has 0 amide bonds. The molecule has 2 heterocycles. The van der Waals surface area contributed by atoms with Crippen molar-refractivity contribution in [1.29, 1.82) is 0 Å². The Morgan fingerprint density at radius 1 is 0.875 bits per heavy atom. The number of nitrogens with zero attached hydrogens (tertiary/aromatic N) is 4. The predicted octanol–water partition coefficient (Wildman–Crippen LogP) is 0.164. The Morgan fingerprint density at radius 3 is 2.00 bits per heavy atom. The van der Waals surface area contributed by atoms with E-state index in [1.54, 1.807) is 0 Å². The Morgan fingerprint density at radius 2 is 1.44 bits per heavy atom. The van der Waals surface area contributed by atoms with E-state index in [-0.39, 0.29) is 0 Å². The van der Waals surface area contributed by atoms with Crippen LogP contribution < -0.4 is 17.2 Å². The molecule has 0 aliphatic heterocycles. The maximum absolute atomic E-state index is 5.53. The van der Waals surface area contributed by atoms with Gasteiger partial charge >= 0.3 is 0 Å². The van der Waals surface area contributed by atoms with Crippen molar-refractivity contribution >= 4 is 29.1 Å². The molecule has 8 heteroatoms. The highest BCUT2D eigenvalue weighted by Crippen LogP contribution is 2.22. The van der Waals surface area contributed by atoms with Gasteiger partial charge in [-0.1, -0.05) is 0 Å². The molecule has 0 atom stereocenters. The molecule has 0 saturated heterocycles. The molecule has 2 aromatic heterocycles. The van der Waals surface area contributed by atoms with Gasteiger partial charge in [0.2, 0.25) is 0 Å². The standard InChI is InChI=1S/C8H9N7S/c9-4-2-12-7(13-3-4)16-8-14-5(10)1-6(11)15-8/h1-3H,9H2,(H4,10,11,14,15). The molecule has 0 aromatic carbocycles. The highest BCUT2D eigenvalue weighted by Gasteiger charge is 2.05. The lowest BCUT2D eigenvalue weighted by atomic mass is 10.5. The second kappa shape index (κ2) is 4.19. The number of nitrogens with two attached hydrogens (primary N) is 3. The second-order valence-corrected chi connectivity index (χ2v) is 3.84. The van der Waals surface area contributed by atoms with Crippen LogP contribution in [0.5, 0.6) is 0 Å². The van der Waals surface area contributed by atoms with Gasteiger partial charge in [0.1, 0.15) is 11.6 Å². The summed E-state index contributed by atoms with van der Waals surface area (Å²) in [6.07, 6.45) is 3.01. The minimum atomic E-state index is 0.311. The van der Waals surface area contributed by atoms with Crippen LogP contribution in [0.15, 0.2) is 28.8 Å². The van der Waals surface area contributed by atoms with Crippen LogP contribution in [-0.4, -0.2) is 19.9 Å². The Labute approximate surface area is 95.5 Å². The molecule has 0 saturated carbocycles. The molecule has 0 bridgehead atoms. The number of anilines is 3. The topological polar surface area (TPSA) is 130 Å². The van der Waals surface area contributed by atoms with Crippen LogP contribution in [0.1, 0.15) is 0 Å². The molecule has 0 unspecified atom stereocenters. The van der Waals surface area contributed by atoms with E-state index in [9.17, 15) is 0 Å². The van der Waals surface area contributed by atoms with Gasteiger partial charge in [0.15, 0.2) is 10.3 Å². The molecule has 2 rings (SSSR count). The maximum Gasteiger partial charge on any atom is 0.199 e. The Kier molecular flexibility index (Phi) is 2.73. The van der Waals surface area contributed by atoms with Crippen LogP contribution >= 0.6 is 11.8 Å². The lowest BCUT2D eigenvalue weighted by Gasteiger charge is -2.01. The van der Waals surface area contributed by atoms with Crippen molar-refractivity contribution < 1.29 is 0 Å². The third-order valence-corrected chi connectivity index (χ3v) is 2.33. The summed E-state index contributed by atoms with van der Waals surface area (Å²) in [6, 6.07) is 1.48. The fourth-order valence-corrected chi connectivity index (χ4v) is 1.64. The minimum absolute atomic E-state index is 0.311. The van der Waals surface area contributed by atoms with Gasteiger partial charge in [-0.3, -0.25) is 0 Å². The van der Waals surface area contributed by atoms with E-state index in [2.05, 4.69) is 19.9 Å². The monoisotopic (exact) mass is 235 g/mol. The summed E-state index contributed by atoms with van der Waals surface area (Å²) in [7, 11) is 0. The fourth-order valence-electron chi connectivity index (χ4n) is 0.968. The second-order valence-electron chi connectivity index (χ2n) is 2.90. The number of hydrogen-bond donors (Lipinski definition) is 3. The molecule has 7 nitrogen and oxygen atoms in total. The quantitative estimate of drug-likeness (QED) is 0.628. The van der Waals surface area contributed by atoms with E-state index in [1.165, 1.54) is 18.5 Å². The van der Waals surface area contributed by atoms with Crippen LogP contribution in [0.4, 0.5) is 17.3 Å². The van der Waals surface area contributed by atoms with Crippen molar-refractivity contribution in [2.24, 2.45) is 0 Å². The zero-order valence-corrected chi connectivity index (χ0v) is 8.98. The maximum atomic E-state index is 5.53. The summed E-state index contributed by atoms with van der Waals surface area (Å²) >= 11 is 1.16. The van der Waals surface area contributed by atoms with Crippen molar-refractivity contribution in [2.45, 2.75) is 10.3 Å². The van der Waals surface area contributed by atoms with E-state index in [1.807, 2.05) is 0 Å². The molecule has 2 aromatic rings. The predicted molar refractivity (Wildman–Crippen MR) is 61.4 cm³/mol. The van der Waals surface area contributed by atoms with Gasteiger partial charge in [0.25, 0.3) is 0 Å². The van der Waals surface area contributed by atoms with Crippen LogP contribution in [0.3, 0.4) is 0 Å². The van der Waals surface area contributed by atoms with Crippen LogP contribution in [0.25, 0.3) is 0 Å². The molecule has 0 fully saturated rings. The highest BCUT2D eigenvalue weighted by atomic mass is 32.2. The smallest absolute Gasteiger partial charge is 0.199 e. The summed E-state index contributed by atoms with van der Waals surface area (Å²) in [5, 5.41) is 0.890. The average molecular weight is 235 g/mol. The average Bonchev–Trinajstić information content (AvgIpc) is 2.20. The molecule has 6 N–H and O–H groups in total. The van der Waals surface area contributed by atoms with Crippen LogP contribution in [0, 0.1) is 0 Å². The molecule has 0 radical (unpaired) electrons. The SMILES string of the molecule is Nc1cnc(Sc2nc(N)cc(N)n2)nc1. The first-order chi connectivity index (χ1) is 7.63. The number of nitrogen functional groups attached to an aromatic ring is 3. The zero-order chi connectivity index (χ0) is 11.5. The molecular formula is C8H9N7S. The van der Waals surface area contributed by atoms with Crippen LogP contribution in [0.2, 0.25) is 0 Å². The van der Waals surface area contributed by atoms with Gasteiger partial charge < -0.3 is 17.2 Å². The molecule has 0 aliphatic rings. The van der Waals surface area contributed by atoms with E-state index in [4.69, 9.17) is 17.2 Å². The molecule has 16 heavy (non-hydrogen) atoms. The summed E-state index contributed by atoms with van der Waals surface area (Å²) < 4.78 is 0. The van der Waals surface area contributed by atoms with E-state index < -0.39 is 0 Å². The first-order valence-corrected chi connectivity index (χ1v) is 5.10. The van der Waals surface area contributed by atoms with E-state index in [0.29, 0.717) is 27.6 Å². The van der Waals surface area contributed by atoms with Crippen molar-refractivity contribution in [3.8, 4) is 0 Å². The van der Waals surface area contributed by atoms with E-state index >= 15 is 0 Å². The number of aromatic nitrogens is 4. The minimum Gasteiger partial charge on any atom is -0.396 e. The highest BCUT2D eigenvalue weighted by molar-refractivity contribution is 7.99. The largest absolute Gasteiger partial charge is 0.396 e. The Bertz CT molecular complexity index is 478. The lowest BCUT2D eigenvalue weighted by Crippen LogP contribution is -1.99. The van der Waals surface area contributed by atoms with Crippen molar-refractivity contribution in [3.63, 3.8) is 0 Å². The fraction of sp³-hybridized carbons (Fsp3) is 0. The van der Waals surface area contributed by atoms with E-state index in [0.717, 1.165) is 11.8 Å². The van der Waals surface area contributed by atoms with Gasteiger partial charge in [-0.05, 0) is 11.8 Å². The summed E-state index contributed by atoms with van der Waals surface area (Å²) in [4.78, 5) is 16.0. The third kappa shape index (κ3) is 2.48. The van der Waals surface area contributed by atoms with Gasteiger partial charge in [-0.2, -0.15) is 0 Å². The third-order valence-electron chi connectivity index (χ3n) is 1.58. The normalized spacial score (nSPS) is 10.2. The Balaban J connectivity index is 2.23. The Hall–Kier alpha value is -2.09. The van der Waals surface area contributed by atoms with Gasteiger partial charge in [0.05, 0.1) is 18.1 Å².